The van der Waals surface area contributed by atoms with Crippen LogP contribution in [0.3, 0.4) is 0 Å². The minimum Gasteiger partial charge on any atom is -0.337 e. The minimum absolute atomic E-state index is 0.000396. The lowest BCUT2D eigenvalue weighted by Crippen LogP contribution is -2.45. The predicted octanol–water partition coefficient (Wildman–Crippen LogP) is 5.66. The third-order valence-electron chi connectivity index (χ3n) is 6.29. The number of piperidine rings is 1. The summed E-state index contributed by atoms with van der Waals surface area (Å²) >= 11 is 5.99. The Hall–Kier alpha value is -3.19. The maximum absolute atomic E-state index is 13.5. The van der Waals surface area contributed by atoms with E-state index in [1.165, 1.54) is 0 Å². The second-order valence-electron chi connectivity index (χ2n) is 8.90. The second-order valence-corrected chi connectivity index (χ2v) is 9.34. The number of carbonyl (C=O) groups is 2. The third kappa shape index (κ3) is 6.48. The summed E-state index contributed by atoms with van der Waals surface area (Å²) in [5.41, 5.74) is 1.80. The summed E-state index contributed by atoms with van der Waals surface area (Å²) in [6.45, 7) is 3.10. The van der Waals surface area contributed by atoms with Crippen LogP contribution in [0.5, 0.6) is 0 Å². The first-order valence-electron chi connectivity index (χ1n) is 12.3. The molecule has 35 heavy (non-hydrogen) atoms. The first-order valence-corrected chi connectivity index (χ1v) is 12.6. The second kappa shape index (κ2) is 12.0. The molecular weight excluding hydrogens is 464 g/mol. The van der Waals surface area contributed by atoms with Crippen molar-refractivity contribution >= 4 is 23.4 Å². The van der Waals surface area contributed by atoms with Crippen LogP contribution >= 0.6 is 11.6 Å². The molecule has 1 aromatic heterocycles. The fourth-order valence-electron chi connectivity index (χ4n) is 4.35. The number of amides is 2. The summed E-state index contributed by atoms with van der Waals surface area (Å²) in [5, 5.41) is 4.77. The smallest absolute Gasteiger partial charge is 0.249 e. The summed E-state index contributed by atoms with van der Waals surface area (Å²) in [5.74, 6) is 0.798. The highest BCUT2D eigenvalue weighted by Crippen LogP contribution is 2.31. The fraction of sp³-hybridized carbons (Fsp3) is 0.407. The van der Waals surface area contributed by atoms with Crippen molar-refractivity contribution < 1.29 is 14.1 Å². The van der Waals surface area contributed by atoms with Crippen LogP contribution in [0.1, 0.15) is 62.9 Å². The van der Waals surface area contributed by atoms with Gasteiger partial charge in [-0.05, 0) is 55.5 Å². The number of hydrogen-bond acceptors (Lipinski definition) is 5. The SMILES string of the molecule is CCCCC(=O)N(CC(=O)N1CCCCC1c1nc(-c2ccc(Cl)cc2)no1)Cc1ccccc1. The molecule has 1 aliphatic heterocycles. The highest BCUT2D eigenvalue weighted by atomic mass is 35.5. The van der Waals surface area contributed by atoms with Gasteiger partial charge in [-0.3, -0.25) is 9.59 Å². The topological polar surface area (TPSA) is 79.5 Å². The van der Waals surface area contributed by atoms with Gasteiger partial charge in [0.1, 0.15) is 12.6 Å². The Kier molecular flexibility index (Phi) is 8.53. The lowest BCUT2D eigenvalue weighted by atomic mass is 10.0. The number of halogens is 1. The molecule has 7 nitrogen and oxygen atoms in total. The summed E-state index contributed by atoms with van der Waals surface area (Å²) in [4.78, 5) is 34.5. The Morgan fingerprint density at radius 2 is 1.89 bits per heavy atom. The van der Waals surface area contributed by atoms with E-state index in [1.54, 1.807) is 21.9 Å². The van der Waals surface area contributed by atoms with Gasteiger partial charge in [0.25, 0.3) is 0 Å². The van der Waals surface area contributed by atoms with Gasteiger partial charge in [-0.2, -0.15) is 4.98 Å². The lowest BCUT2D eigenvalue weighted by Gasteiger charge is -2.35. The molecule has 2 amide bonds. The zero-order chi connectivity index (χ0) is 24.6. The molecule has 1 fully saturated rings. The standard InChI is InChI=1S/C27H31ClN4O3/c1-2-3-12-24(33)31(18-20-9-5-4-6-10-20)19-25(34)32-17-8-7-11-23(32)27-29-26(30-35-27)21-13-15-22(28)16-14-21/h4-6,9-10,13-16,23H,2-3,7-8,11-12,17-19H2,1H3. The highest BCUT2D eigenvalue weighted by molar-refractivity contribution is 6.30. The molecule has 2 heterocycles. The first-order chi connectivity index (χ1) is 17.0. The van der Waals surface area contributed by atoms with Gasteiger partial charge >= 0.3 is 0 Å². The summed E-state index contributed by atoms with van der Waals surface area (Å²) < 4.78 is 5.60. The monoisotopic (exact) mass is 494 g/mol. The van der Waals surface area contributed by atoms with Crippen LogP contribution in [0.25, 0.3) is 11.4 Å². The average Bonchev–Trinajstić information content (AvgIpc) is 3.38. The molecule has 184 valence electrons. The van der Waals surface area contributed by atoms with E-state index in [9.17, 15) is 9.59 Å². The van der Waals surface area contributed by atoms with E-state index in [0.29, 0.717) is 36.2 Å². The van der Waals surface area contributed by atoms with E-state index in [-0.39, 0.29) is 24.4 Å². The van der Waals surface area contributed by atoms with Crippen LogP contribution in [0, 0.1) is 0 Å². The van der Waals surface area contributed by atoms with Crippen molar-refractivity contribution in [2.24, 2.45) is 0 Å². The molecule has 1 saturated heterocycles. The molecule has 0 saturated carbocycles. The zero-order valence-corrected chi connectivity index (χ0v) is 20.8. The van der Waals surface area contributed by atoms with E-state index in [2.05, 4.69) is 17.1 Å². The van der Waals surface area contributed by atoms with Gasteiger partial charge in [0.15, 0.2) is 0 Å². The van der Waals surface area contributed by atoms with Crippen molar-refractivity contribution in [1.29, 1.82) is 0 Å². The van der Waals surface area contributed by atoms with Crippen LogP contribution in [0.4, 0.5) is 0 Å². The highest BCUT2D eigenvalue weighted by Gasteiger charge is 2.33. The zero-order valence-electron chi connectivity index (χ0n) is 20.0. The number of hydrogen-bond donors (Lipinski definition) is 0. The number of benzene rings is 2. The summed E-state index contributed by atoms with van der Waals surface area (Å²) in [7, 11) is 0. The van der Waals surface area contributed by atoms with Gasteiger partial charge in [-0.1, -0.05) is 60.4 Å². The average molecular weight is 495 g/mol. The van der Waals surface area contributed by atoms with Crippen LogP contribution in [0.2, 0.25) is 5.02 Å². The Morgan fingerprint density at radius 1 is 1.11 bits per heavy atom. The van der Waals surface area contributed by atoms with Gasteiger partial charge in [0.05, 0.1) is 0 Å². The Morgan fingerprint density at radius 3 is 2.63 bits per heavy atom. The molecule has 1 atom stereocenters. The van der Waals surface area contributed by atoms with Crippen molar-refractivity contribution in [3.63, 3.8) is 0 Å². The molecule has 0 spiro atoms. The van der Waals surface area contributed by atoms with E-state index in [4.69, 9.17) is 16.1 Å². The molecule has 8 heteroatoms. The molecule has 0 N–H and O–H groups in total. The van der Waals surface area contributed by atoms with Gasteiger partial charge in [0.2, 0.25) is 23.5 Å². The quantitative estimate of drug-likeness (QED) is 0.383. The number of aromatic nitrogens is 2. The Labute approximate surface area is 211 Å². The van der Waals surface area contributed by atoms with E-state index in [0.717, 1.165) is 43.2 Å². The van der Waals surface area contributed by atoms with Crippen LogP contribution in [0.15, 0.2) is 59.1 Å². The maximum atomic E-state index is 13.5. The van der Waals surface area contributed by atoms with Crippen molar-refractivity contribution in [3.8, 4) is 11.4 Å². The number of unbranched alkanes of at least 4 members (excludes halogenated alkanes) is 1. The fourth-order valence-corrected chi connectivity index (χ4v) is 4.48. The van der Waals surface area contributed by atoms with E-state index < -0.39 is 0 Å². The number of rotatable bonds is 9. The third-order valence-corrected chi connectivity index (χ3v) is 6.54. The molecule has 4 rings (SSSR count). The molecular formula is C27H31ClN4O3. The Balaban J connectivity index is 1.50. The molecule has 2 aromatic carbocycles. The molecule has 3 aromatic rings. The molecule has 0 radical (unpaired) electrons. The molecule has 0 bridgehead atoms. The Bertz CT molecular complexity index is 1120. The summed E-state index contributed by atoms with van der Waals surface area (Å²) in [6.07, 6.45) is 4.80. The lowest BCUT2D eigenvalue weighted by molar-refractivity contribution is -0.143. The predicted molar refractivity (Wildman–Crippen MR) is 134 cm³/mol. The number of likely N-dealkylation sites (tertiary alicyclic amines) is 1. The van der Waals surface area contributed by atoms with Gasteiger partial charge in [-0.15, -0.1) is 0 Å². The normalized spacial score (nSPS) is 15.7. The first kappa shape index (κ1) is 24.9. The molecule has 0 aliphatic carbocycles. The van der Waals surface area contributed by atoms with Gasteiger partial charge in [0, 0.05) is 30.1 Å². The maximum Gasteiger partial charge on any atom is 0.249 e. The van der Waals surface area contributed by atoms with Crippen molar-refractivity contribution in [1.82, 2.24) is 19.9 Å². The summed E-state index contributed by atoms with van der Waals surface area (Å²) in [6, 6.07) is 16.7. The molecule has 1 aliphatic rings. The van der Waals surface area contributed by atoms with E-state index >= 15 is 0 Å². The van der Waals surface area contributed by atoms with Crippen molar-refractivity contribution in [2.45, 2.75) is 58.0 Å². The minimum atomic E-state index is -0.297. The number of carbonyl (C=O) groups excluding carboxylic acids is 2. The number of nitrogens with zero attached hydrogens (tertiary/aromatic N) is 4. The van der Waals surface area contributed by atoms with Crippen LogP contribution < -0.4 is 0 Å². The van der Waals surface area contributed by atoms with Crippen LogP contribution in [-0.2, 0) is 16.1 Å². The molecule has 1 unspecified atom stereocenters. The van der Waals surface area contributed by atoms with Gasteiger partial charge < -0.3 is 14.3 Å². The van der Waals surface area contributed by atoms with Gasteiger partial charge in [-0.25, -0.2) is 0 Å². The van der Waals surface area contributed by atoms with E-state index in [1.807, 2.05) is 42.5 Å². The van der Waals surface area contributed by atoms with Crippen LogP contribution in [-0.4, -0.2) is 44.8 Å². The van der Waals surface area contributed by atoms with Crippen molar-refractivity contribution in [2.75, 3.05) is 13.1 Å². The largest absolute Gasteiger partial charge is 0.337 e. The van der Waals surface area contributed by atoms with Crippen molar-refractivity contribution in [3.05, 3.63) is 71.1 Å².